The minimum absolute atomic E-state index is 0.0453. The van der Waals surface area contributed by atoms with Crippen LogP contribution in [0.5, 0.6) is 5.75 Å². The van der Waals surface area contributed by atoms with Gasteiger partial charge in [-0.3, -0.25) is 4.79 Å². The fraction of sp³-hybridized carbons (Fsp3) is 0.235. The van der Waals surface area contributed by atoms with Crippen molar-refractivity contribution in [3.05, 3.63) is 62.9 Å². The molecule has 0 bridgehead atoms. The van der Waals surface area contributed by atoms with Crippen LogP contribution in [0.25, 0.3) is 0 Å². The Morgan fingerprint density at radius 2 is 2.09 bits per heavy atom. The van der Waals surface area contributed by atoms with Crippen molar-refractivity contribution in [2.45, 2.75) is 25.7 Å². The Balaban J connectivity index is 2.13. The summed E-state index contributed by atoms with van der Waals surface area (Å²) in [4.78, 5) is 11.3. The van der Waals surface area contributed by atoms with Gasteiger partial charge in [-0.05, 0) is 60.2 Å². The van der Waals surface area contributed by atoms with E-state index in [0.717, 1.165) is 17.5 Å². The van der Waals surface area contributed by atoms with Crippen LogP contribution in [0.4, 0.5) is 4.39 Å². The molecule has 0 spiro atoms. The number of fused-ring (bicyclic) bond motifs is 1. The van der Waals surface area contributed by atoms with Gasteiger partial charge in [0.05, 0.1) is 5.56 Å². The van der Waals surface area contributed by atoms with Gasteiger partial charge in [-0.25, -0.2) is 4.39 Å². The second kappa shape index (κ2) is 5.29. The standard InChI is InChI=1S/C17H15ClFNO2/c1-8-10(2-5-13(16(8)21)17(20)22)11-3-4-12-14(11)6-9(18)7-15(12)19/h2,5-7,11,21H,3-4H2,1H3,(H2,20,22)/t11-/m1/s1. The number of rotatable bonds is 2. The van der Waals surface area contributed by atoms with Crippen LogP contribution in [-0.4, -0.2) is 11.0 Å². The van der Waals surface area contributed by atoms with E-state index < -0.39 is 5.91 Å². The van der Waals surface area contributed by atoms with Gasteiger partial charge in [-0.2, -0.15) is 0 Å². The zero-order valence-electron chi connectivity index (χ0n) is 12.0. The summed E-state index contributed by atoms with van der Waals surface area (Å²) in [6.07, 6.45) is 1.36. The van der Waals surface area contributed by atoms with Gasteiger partial charge < -0.3 is 10.8 Å². The highest BCUT2D eigenvalue weighted by molar-refractivity contribution is 6.30. The number of benzene rings is 2. The number of amides is 1. The smallest absolute Gasteiger partial charge is 0.252 e. The van der Waals surface area contributed by atoms with Gasteiger partial charge >= 0.3 is 0 Å². The first kappa shape index (κ1) is 14.9. The molecular weight excluding hydrogens is 305 g/mol. The third-order valence-corrected chi connectivity index (χ3v) is 4.59. The molecular formula is C17H15ClFNO2. The van der Waals surface area contributed by atoms with Gasteiger partial charge in [0.25, 0.3) is 5.91 Å². The molecule has 0 fully saturated rings. The first-order valence-electron chi connectivity index (χ1n) is 7.00. The monoisotopic (exact) mass is 319 g/mol. The van der Waals surface area contributed by atoms with Crippen molar-refractivity contribution >= 4 is 17.5 Å². The van der Waals surface area contributed by atoms with Crippen LogP contribution < -0.4 is 5.73 Å². The molecule has 1 amide bonds. The molecule has 0 saturated heterocycles. The van der Waals surface area contributed by atoms with Crippen LogP contribution in [-0.2, 0) is 6.42 Å². The predicted molar refractivity (Wildman–Crippen MR) is 82.9 cm³/mol. The van der Waals surface area contributed by atoms with Crippen molar-refractivity contribution in [1.29, 1.82) is 0 Å². The topological polar surface area (TPSA) is 63.3 Å². The lowest BCUT2D eigenvalue weighted by atomic mass is 9.88. The Morgan fingerprint density at radius 3 is 2.77 bits per heavy atom. The van der Waals surface area contributed by atoms with E-state index in [9.17, 15) is 14.3 Å². The molecule has 3 rings (SSSR count). The maximum Gasteiger partial charge on any atom is 0.252 e. The summed E-state index contributed by atoms with van der Waals surface area (Å²) < 4.78 is 14.0. The SMILES string of the molecule is Cc1c([C@H]2CCc3c(F)cc(Cl)cc32)ccc(C(N)=O)c1O. The van der Waals surface area contributed by atoms with Gasteiger partial charge in [-0.1, -0.05) is 17.7 Å². The highest BCUT2D eigenvalue weighted by Gasteiger charge is 2.29. The normalized spacial score (nSPS) is 16.6. The molecule has 0 heterocycles. The van der Waals surface area contributed by atoms with Crippen molar-refractivity contribution in [1.82, 2.24) is 0 Å². The van der Waals surface area contributed by atoms with Crippen molar-refractivity contribution in [2.24, 2.45) is 5.73 Å². The van der Waals surface area contributed by atoms with Gasteiger partial charge in [0, 0.05) is 10.9 Å². The fourth-order valence-electron chi connectivity index (χ4n) is 3.26. The fourth-order valence-corrected chi connectivity index (χ4v) is 3.47. The maximum absolute atomic E-state index is 14.0. The second-order valence-electron chi connectivity index (χ2n) is 5.59. The van der Waals surface area contributed by atoms with Crippen LogP contribution in [0, 0.1) is 12.7 Å². The Kier molecular flexibility index (Phi) is 3.57. The Bertz CT molecular complexity index is 789. The first-order chi connectivity index (χ1) is 10.4. The summed E-state index contributed by atoms with van der Waals surface area (Å²) in [5, 5.41) is 10.5. The summed E-state index contributed by atoms with van der Waals surface area (Å²) in [6, 6.07) is 6.38. The molecule has 0 aromatic heterocycles. The first-order valence-corrected chi connectivity index (χ1v) is 7.38. The van der Waals surface area contributed by atoms with E-state index in [4.69, 9.17) is 17.3 Å². The van der Waals surface area contributed by atoms with Gasteiger partial charge in [0.1, 0.15) is 11.6 Å². The molecule has 1 atom stereocenters. The molecule has 0 radical (unpaired) electrons. The van der Waals surface area contributed by atoms with Gasteiger partial charge in [0.2, 0.25) is 0 Å². The van der Waals surface area contributed by atoms with E-state index in [2.05, 4.69) is 0 Å². The van der Waals surface area contributed by atoms with Gasteiger partial charge in [-0.15, -0.1) is 0 Å². The van der Waals surface area contributed by atoms with Crippen molar-refractivity contribution in [3.8, 4) is 5.75 Å². The largest absolute Gasteiger partial charge is 0.507 e. The number of carbonyl (C=O) groups is 1. The third-order valence-electron chi connectivity index (χ3n) is 4.37. The Hall–Kier alpha value is -2.07. The molecule has 1 aliphatic carbocycles. The molecule has 2 aromatic rings. The highest BCUT2D eigenvalue weighted by Crippen LogP contribution is 2.43. The summed E-state index contributed by atoms with van der Waals surface area (Å²) in [7, 11) is 0. The maximum atomic E-state index is 14.0. The summed E-state index contributed by atoms with van der Waals surface area (Å²) in [5.41, 5.74) is 8.31. The molecule has 0 aliphatic heterocycles. The summed E-state index contributed by atoms with van der Waals surface area (Å²) in [5.74, 6) is -1.12. The molecule has 1 aliphatic rings. The molecule has 114 valence electrons. The number of hydrogen-bond acceptors (Lipinski definition) is 2. The predicted octanol–water partition coefficient (Wildman–Crippen LogP) is 3.67. The Morgan fingerprint density at radius 1 is 1.36 bits per heavy atom. The number of hydrogen-bond donors (Lipinski definition) is 2. The summed E-state index contributed by atoms with van der Waals surface area (Å²) in [6.45, 7) is 1.73. The zero-order valence-corrected chi connectivity index (χ0v) is 12.7. The molecule has 3 N–H and O–H groups in total. The number of primary amides is 1. The second-order valence-corrected chi connectivity index (χ2v) is 6.02. The van der Waals surface area contributed by atoms with E-state index >= 15 is 0 Å². The van der Waals surface area contributed by atoms with E-state index in [1.165, 1.54) is 12.1 Å². The van der Waals surface area contributed by atoms with Crippen LogP contribution >= 0.6 is 11.6 Å². The quantitative estimate of drug-likeness (QED) is 0.887. The van der Waals surface area contributed by atoms with E-state index in [1.54, 1.807) is 19.1 Å². The van der Waals surface area contributed by atoms with E-state index in [0.29, 0.717) is 22.6 Å². The molecule has 0 unspecified atom stereocenters. The van der Waals surface area contributed by atoms with E-state index in [-0.39, 0.29) is 23.0 Å². The van der Waals surface area contributed by atoms with Gasteiger partial charge in [0.15, 0.2) is 0 Å². The highest BCUT2D eigenvalue weighted by atomic mass is 35.5. The number of phenols is 1. The van der Waals surface area contributed by atoms with Crippen molar-refractivity contribution < 1.29 is 14.3 Å². The van der Waals surface area contributed by atoms with Crippen LogP contribution in [0.1, 0.15) is 45.0 Å². The number of nitrogens with two attached hydrogens (primary N) is 1. The van der Waals surface area contributed by atoms with Crippen LogP contribution in [0.3, 0.4) is 0 Å². The molecule has 22 heavy (non-hydrogen) atoms. The molecule has 3 nitrogen and oxygen atoms in total. The zero-order chi connectivity index (χ0) is 16.0. The number of aromatic hydroxyl groups is 1. The molecule has 5 heteroatoms. The van der Waals surface area contributed by atoms with E-state index in [1.807, 2.05) is 0 Å². The minimum atomic E-state index is -0.673. The van der Waals surface area contributed by atoms with Crippen molar-refractivity contribution in [3.63, 3.8) is 0 Å². The number of halogens is 2. The lowest BCUT2D eigenvalue weighted by molar-refractivity contribution is 0.0997. The molecule has 0 saturated carbocycles. The van der Waals surface area contributed by atoms with Crippen LogP contribution in [0.15, 0.2) is 24.3 Å². The lowest BCUT2D eigenvalue weighted by Gasteiger charge is -2.17. The average molecular weight is 320 g/mol. The molecule has 2 aromatic carbocycles. The minimum Gasteiger partial charge on any atom is -0.507 e. The van der Waals surface area contributed by atoms with Crippen molar-refractivity contribution in [2.75, 3.05) is 0 Å². The Labute approximate surface area is 132 Å². The average Bonchev–Trinajstić information content (AvgIpc) is 2.85. The summed E-state index contributed by atoms with van der Waals surface area (Å²) >= 11 is 5.97. The van der Waals surface area contributed by atoms with Crippen LogP contribution in [0.2, 0.25) is 5.02 Å². The third kappa shape index (κ3) is 2.24. The number of carbonyl (C=O) groups excluding carboxylic acids is 1. The lowest BCUT2D eigenvalue weighted by Crippen LogP contribution is -2.12.